The molecule has 0 aliphatic carbocycles. The number of nitrogen functional groups attached to an aromatic ring is 1. The van der Waals surface area contributed by atoms with E-state index in [2.05, 4.69) is 29.1 Å². The summed E-state index contributed by atoms with van der Waals surface area (Å²) >= 11 is 0.974. The second kappa shape index (κ2) is 15.5. The average Bonchev–Trinajstić information content (AvgIpc) is 3.76. The number of β-lactam (4-membered cyclic amide) rings is 1. The van der Waals surface area contributed by atoms with Crippen molar-refractivity contribution in [2.24, 2.45) is 22.7 Å². The number of aromatic nitrogens is 3. The fourth-order valence-corrected chi connectivity index (χ4v) is 8.06. The molecule has 6 rings (SSSR count). The number of ether oxygens (including phenoxy) is 1. The molecule has 0 bridgehead atoms. The molecule has 3 aromatic rings. The number of thiazole rings is 1. The Balaban J connectivity index is 1.14. The number of aliphatic carboxylic acids is 1. The Labute approximate surface area is 325 Å². The lowest BCUT2D eigenvalue weighted by atomic mass is 9.74. The molecule has 2 atom stereocenters. The Hall–Kier alpha value is -5.00. The molecule has 56 heavy (non-hydrogen) atoms. The number of nitrogens with one attached hydrogen (secondary N) is 1. The molecule has 2 saturated heterocycles. The molecule has 1 aromatic carbocycles. The van der Waals surface area contributed by atoms with Crippen LogP contribution in [-0.4, -0.2) is 100.0 Å². The van der Waals surface area contributed by atoms with Crippen LogP contribution in [0.5, 0.6) is 5.75 Å². The van der Waals surface area contributed by atoms with Crippen molar-refractivity contribution in [1.82, 2.24) is 20.0 Å². The number of Topliss-reactive ketones (excluding diaryl/α,β-unsaturated/α-hetero) is 1. The molecule has 7 N–H and O–H groups in total. The van der Waals surface area contributed by atoms with Gasteiger partial charge in [-0.15, -0.1) is 20.3 Å². The first-order valence-corrected chi connectivity index (χ1v) is 19.9. The number of ketones is 1. The number of anilines is 2. The highest BCUT2D eigenvalue weighted by molar-refractivity contribution is 7.80. The van der Waals surface area contributed by atoms with Crippen molar-refractivity contribution in [1.29, 1.82) is 0 Å². The number of carboxylic acid groups (broad SMARTS) is 1. The number of nitrogens with two attached hydrogens (primary N) is 2. The van der Waals surface area contributed by atoms with Gasteiger partial charge in [-0.05, 0) is 64.9 Å². The standard InChI is InChI=1S/C34H43N9O11S2/c1-33(2)23(30(46)43(33)54-56(49,50)51)12-25(44)27(24-18-55-32(36)38-24)39-53-26(31(47)48)17-52-21-8-6-20(7-9-21)42-29(45)22-16-40(15-19-13-37-14-19)41(11-5-10-35)28(22)34(42,3)4/h6-9,16,18-19,23,26,37H,5,10-15,17,35H2,1-4H3,(H3-,36,38,47,48,49,50,51)/p+1/b39-27-/t23-,26+/m1/s1. The summed E-state index contributed by atoms with van der Waals surface area (Å²) in [7, 11) is -5.01. The van der Waals surface area contributed by atoms with Gasteiger partial charge in [-0.1, -0.05) is 5.16 Å². The quantitative estimate of drug-likeness (QED) is 0.0384. The number of hydrogen-bond donors (Lipinski definition) is 5. The summed E-state index contributed by atoms with van der Waals surface area (Å²) in [5.74, 6) is -3.66. The number of hydroxylamine groups is 2. The van der Waals surface area contributed by atoms with Crippen molar-refractivity contribution in [3.8, 4) is 5.75 Å². The topological polar surface area (TPSA) is 275 Å². The minimum Gasteiger partial charge on any atom is -0.489 e. The second-order valence-corrected chi connectivity index (χ2v) is 16.6. The van der Waals surface area contributed by atoms with E-state index in [9.17, 15) is 32.7 Å². The van der Waals surface area contributed by atoms with E-state index in [1.165, 1.54) is 19.2 Å². The van der Waals surface area contributed by atoms with Crippen LogP contribution in [0.15, 0.2) is 41.0 Å². The molecule has 3 aliphatic heterocycles. The van der Waals surface area contributed by atoms with Gasteiger partial charge in [0.1, 0.15) is 29.3 Å². The summed E-state index contributed by atoms with van der Waals surface area (Å²) in [5, 5.41) is 18.9. The lowest BCUT2D eigenvalue weighted by Gasteiger charge is -2.50. The average molecular weight is 819 g/mol. The first-order chi connectivity index (χ1) is 26.3. The van der Waals surface area contributed by atoms with Gasteiger partial charge in [-0.25, -0.2) is 9.78 Å². The SMILES string of the molecule is CC1(C)c2c(c[n+](CC3CNC3)n2CCCN)C(=O)N1c1ccc(OC[C@H](O/N=C(\C(=O)C[C@@H]2C(=O)N(OS(=O)(=O)O)C2(C)C)c2csc(N)n2)C(=O)O)cc1. The summed E-state index contributed by atoms with van der Waals surface area (Å²) in [5.41, 5.74) is 11.2. The highest BCUT2D eigenvalue weighted by Gasteiger charge is 2.58. The zero-order valence-electron chi connectivity index (χ0n) is 31.1. The van der Waals surface area contributed by atoms with E-state index in [0.29, 0.717) is 35.3 Å². The smallest absolute Gasteiger partial charge is 0.418 e. The second-order valence-electron chi connectivity index (χ2n) is 14.7. The molecule has 2 fully saturated rings. The normalized spacial score (nSPS) is 19.7. The van der Waals surface area contributed by atoms with Crippen LogP contribution in [-0.2, 0) is 52.5 Å². The number of fused-ring (bicyclic) bond motifs is 1. The highest BCUT2D eigenvalue weighted by atomic mass is 32.3. The van der Waals surface area contributed by atoms with Crippen LogP contribution in [0, 0.1) is 11.8 Å². The molecule has 2 amide bonds. The third-order valence-corrected chi connectivity index (χ3v) is 11.1. The first-order valence-electron chi connectivity index (χ1n) is 17.7. The fraction of sp³-hybridized carbons (Fsp3) is 0.500. The summed E-state index contributed by atoms with van der Waals surface area (Å²) in [6, 6.07) is 6.58. The number of carbonyl (C=O) groups excluding carboxylic acids is 3. The summed E-state index contributed by atoms with van der Waals surface area (Å²) in [6.07, 6.45) is 0.438. The van der Waals surface area contributed by atoms with Crippen molar-refractivity contribution in [3.63, 3.8) is 0 Å². The van der Waals surface area contributed by atoms with Gasteiger partial charge in [0.15, 0.2) is 23.2 Å². The zero-order valence-corrected chi connectivity index (χ0v) is 32.7. The van der Waals surface area contributed by atoms with Crippen molar-refractivity contribution >= 4 is 61.8 Å². The van der Waals surface area contributed by atoms with E-state index in [-0.39, 0.29) is 22.5 Å². The van der Waals surface area contributed by atoms with E-state index in [1.807, 2.05) is 20.0 Å². The van der Waals surface area contributed by atoms with Gasteiger partial charge in [0.25, 0.3) is 17.9 Å². The number of hydrogen-bond acceptors (Lipinski definition) is 15. The van der Waals surface area contributed by atoms with Gasteiger partial charge in [-0.3, -0.25) is 23.8 Å². The number of amides is 2. The van der Waals surface area contributed by atoms with Gasteiger partial charge in [0.2, 0.25) is 6.20 Å². The summed E-state index contributed by atoms with van der Waals surface area (Å²) in [6.45, 7) is 10.1. The lowest BCUT2D eigenvalue weighted by molar-refractivity contribution is -0.782. The fourth-order valence-electron chi connectivity index (χ4n) is 7.06. The number of oxime groups is 1. The molecule has 22 heteroatoms. The van der Waals surface area contributed by atoms with Crippen LogP contribution in [0.3, 0.4) is 0 Å². The van der Waals surface area contributed by atoms with E-state index < -0.39 is 69.9 Å². The molecule has 0 unspecified atom stereocenters. The Morgan fingerprint density at radius 2 is 1.88 bits per heavy atom. The van der Waals surface area contributed by atoms with Gasteiger partial charge in [0, 0.05) is 36.5 Å². The van der Waals surface area contributed by atoms with Crippen molar-refractivity contribution in [2.45, 2.75) is 70.8 Å². The lowest BCUT2D eigenvalue weighted by Crippen LogP contribution is -2.68. The molecule has 0 spiro atoms. The van der Waals surface area contributed by atoms with Gasteiger partial charge >= 0.3 is 16.4 Å². The summed E-state index contributed by atoms with van der Waals surface area (Å²) < 4.78 is 45.8. The number of benzene rings is 1. The molecule has 302 valence electrons. The van der Waals surface area contributed by atoms with Crippen LogP contribution in [0.25, 0.3) is 0 Å². The van der Waals surface area contributed by atoms with E-state index >= 15 is 0 Å². The highest BCUT2D eigenvalue weighted by Crippen LogP contribution is 2.43. The zero-order chi connectivity index (χ0) is 40.7. The molecule has 5 heterocycles. The van der Waals surface area contributed by atoms with Crippen molar-refractivity contribution < 1.29 is 55.8 Å². The Bertz CT molecular complexity index is 2160. The molecular formula is C34H44N9O11S2+. The van der Waals surface area contributed by atoms with Crippen molar-refractivity contribution in [3.05, 3.63) is 52.8 Å². The van der Waals surface area contributed by atoms with Crippen molar-refractivity contribution in [2.75, 3.05) is 36.9 Å². The van der Waals surface area contributed by atoms with Gasteiger partial charge < -0.3 is 31.5 Å². The number of carbonyl (C=O) groups is 4. The minimum absolute atomic E-state index is 0.0444. The number of nitrogens with zero attached hydrogens (tertiary/aromatic N) is 6. The van der Waals surface area contributed by atoms with Crippen LogP contribution in [0.4, 0.5) is 10.8 Å². The maximum absolute atomic E-state index is 13.9. The monoisotopic (exact) mass is 818 g/mol. The Morgan fingerprint density at radius 3 is 2.43 bits per heavy atom. The third-order valence-electron chi connectivity index (χ3n) is 10.1. The maximum Gasteiger partial charge on any atom is 0.418 e. The number of rotatable bonds is 18. The summed E-state index contributed by atoms with van der Waals surface area (Å²) in [4.78, 5) is 63.3. The van der Waals surface area contributed by atoms with Crippen LogP contribution < -0.4 is 31.1 Å². The van der Waals surface area contributed by atoms with Crippen LogP contribution in [0.2, 0.25) is 0 Å². The predicted molar refractivity (Wildman–Crippen MR) is 199 cm³/mol. The molecular weight excluding hydrogens is 775 g/mol. The van der Waals surface area contributed by atoms with Crippen LogP contribution >= 0.6 is 11.3 Å². The third kappa shape index (κ3) is 7.97. The first kappa shape index (κ1) is 40.7. The Morgan fingerprint density at radius 1 is 1.18 bits per heavy atom. The minimum atomic E-state index is -5.01. The van der Waals surface area contributed by atoms with E-state index in [1.54, 1.807) is 29.2 Å². The van der Waals surface area contributed by atoms with Crippen LogP contribution in [0.1, 0.15) is 62.3 Å². The largest absolute Gasteiger partial charge is 0.489 e. The molecule has 2 aromatic heterocycles. The predicted octanol–water partition coefficient (Wildman–Crippen LogP) is 0.462. The Kier molecular flexibility index (Phi) is 11.3. The van der Waals surface area contributed by atoms with E-state index in [0.717, 1.165) is 43.1 Å². The number of carboxylic acids is 1. The molecule has 20 nitrogen and oxygen atoms in total. The molecule has 0 radical (unpaired) electrons. The maximum atomic E-state index is 13.9. The van der Waals surface area contributed by atoms with Gasteiger partial charge in [-0.2, -0.15) is 18.2 Å². The van der Waals surface area contributed by atoms with E-state index in [4.69, 9.17) is 25.6 Å². The van der Waals surface area contributed by atoms with Gasteiger partial charge in [0.05, 0.1) is 23.5 Å². The molecule has 0 saturated carbocycles. The molecule has 3 aliphatic rings.